The summed E-state index contributed by atoms with van der Waals surface area (Å²) < 4.78 is 13.6. The summed E-state index contributed by atoms with van der Waals surface area (Å²) in [5, 5.41) is 0. The molecule has 0 aliphatic rings. The highest BCUT2D eigenvalue weighted by molar-refractivity contribution is 5.91. The van der Waals surface area contributed by atoms with Gasteiger partial charge in [-0.3, -0.25) is 9.97 Å². The molecule has 0 radical (unpaired) electrons. The maximum Gasteiger partial charge on any atom is 0.141 e. The van der Waals surface area contributed by atoms with Crippen LogP contribution in [0.4, 0.5) is 4.39 Å². The Kier molecular flexibility index (Phi) is 5.75. The molecule has 160 valence electrons. The molecule has 0 amide bonds. The van der Waals surface area contributed by atoms with Gasteiger partial charge in [-0.05, 0) is 70.5 Å². The van der Waals surface area contributed by atoms with Crippen molar-refractivity contribution in [3.05, 3.63) is 102 Å². The smallest absolute Gasteiger partial charge is 0.141 e. The molecule has 0 aliphatic heterocycles. The molecule has 0 saturated heterocycles. The quantitative estimate of drug-likeness (QED) is 0.334. The van der Waals surface area contributed by atoms with E-state index in [4.69, 9.17) is 0 Å². The second kappa shape index (κ2) is 8.51. The van der Waals surface area contributed by atoms with Crippen molar-refractivity contribution in [1.82, 2.24) is 9.97 Å². The Labute approximate surface area is 189 Å². The number of nitrogens with zero attached hydrogens (tertiary/aromatic N) is 2. The molecule has 2 nitrogen and oxygen atoms in total. The Morgan fingerprint density at radius 1 is 0.844 bits per heavy atom. The molecule has 3 heteroatoms. The summed E-state index contributed by atoms with van der Waals surface area (Å²) in [6.07, 6.45) is 4.93. The van der Waals surface area contributed by atoms with Crippen LogP contribution >= 0.6 is 0 Å². The van der Waals surface area contributed by atoms with E-state index >= 15 is 0 Å². The first-order valence-electron chi connectivity index (χ1n) is 10.7. The minimum absolute atomic E-state index is 0.0274. The van der Waals surface area contributed by atoms with Crippen LogP contribution < -0.4 is 0 Å². The highest BCUT2D eigenvalue weighted by atomic mass is 19.1. The largest absolute Gasteiger partial charge is 0.256 e. The van der Waals surface area contributed by atoms with Crippen LogP contribution in [0.1, 0.15) is 37.5 Å². The standard InChI is InChI=1S/C29H27FN2/c1-6-20-9-12-24(26(16-20)28-19(2)8-7-15-31-28)23-13-10-21(29(3,4)5)17-25(23)27-14-11-22(30)18-32-27/h6-18H,1H2,2-5H3. The molecule has 0 aliphatic carbocycles. The second-order valence-corrected chi connectivity index (χ2v) is 9.05. The van der Waals surface area contributed by atoms with Crippen molar-refractivity contribution in [3.8, 4) is 33.6 Å². The average Bonchev–Trinajstić information content (AvgIpc) is 2.78. The molecule has 0 spiro atoms. The van der Waals surface area contributed by atoms with Crippen molar-refractivity contribution in [2.75, 3.05) is 0 Å². The minimum Gasteiger partial charge on any atom is -0.256 e. The van der Waals surface area contributed by atoms with Gasteiger partial charge in [0.2, 0.25) is 0 Å². The Morgan fingerprint density at radius 3 is 2.25 bits per heavy atom. The first-order valence-corrected chi connectivity index (χ1v) is 10.7. The van der Waals surface area contributed by atoms with Gasteiger partial charge in [0.05, 0.1) is 17.6 Å². The molecule has 0 unspecified atom stereocenters. The molecule has 4 aromatic rings. The molecular formula is C29H27FN2. The lowest BCUT2D eigenvalue weighted by Gasteiger charge is -2.22. The molecule has 0 fully saturated rings. The monoisotopic (exact) mass is 422 g/mol. The number of aromatic nitrogens is 2. The van der Waals surface area contributed by atoms with Gasteiger partial charge in [0.25, 0.3) is 0 Å². The van der Waals surface area contributed by atoms with Crippen LogP contribution in [0.3, 0.4) is 0 Å². The molecule has 0 bridgehead atoms. The van der Waals surface area contributed by atoms with Crippen LogP contribution in [0.5, 0.6) is 0 Å². The highest BCUT2D eigenvalue weighted by Gasteiger charge is 2.20. The van der Waals surface area contributed by atoms with E-state index in [1.165, 1.54) is 17.8 Å². The van der Waals surface area contributed by atoms with E-state index in [1.807, 2.05) is 18.3 Å². The Bertz CT molecular complexity index is 1280. The number of benzene rings is 2. The molecular weight excluding hydrogens is 395 g/mol. The number of rotatable bonds is 4. The number of aryl methyl sites for hydroxylation is 1. The van der Waals surface area contributed by atoms with Gasteiger partial charge in [-0.2, -0.15) is 0 Å². The Balaban J connectivity index is 2.03. The van der Waals surface area contributed by atoms with Crippen molar-refractivity contribution >= 4 is 6.08 Å². The van der Waals surface area contributed by atoms with E-state index in [0.29, 0.717) is 0 Å². The number of hydrogen-bond acceptors (Lipinski definition) is 2. The normalized spacial score (nSPS) is 11.4. The zero-order valence-corrected chi connectivity index (χ0v) is 19.0. The van der Waals surface area contributed by atoms with Crippen LogP contribution in [0.15, 0.2) is 79.6 Å². The van der Waals surface area contributed by atoms with Crippen molar-refractivity contribution in [1.29, 1.82) is 0 Å². The SMILES string of the molecule is C=Cc1ccc(-c2ccc(C(C)(C)C)cc2-c2ccc(F)cn2)c(-c2ncccc2C)c1. The van der Waals surface area contributed by atoms with Crippen molar-refractivity contribution in [2.45, 2.75) is 33.1 Å². The maximum atomic E-state index is 13.6. The summed E-state index contributed by atoms with van der Waals surface area (Å²) >= 11 is 0. The van der Waals surface area contributed by atoms with Gasteiger partial charge in [-0.25, -0.2) is 4.39 Å². The summed E-state index contributed by atoms with van der Waals surface area (Å²) in [5.74, 6) is -0.345. The number of hydrogen-bond donors (Lipinski definition) is 0. The lowest BCUT2D eigenvalue weighted by molar-refractivity contribution is 0.590. The lowest BCUT2D eigenvalue weighted by atomic mass is 9.82. The first kappa shape index (κ1) is 21.6. The van der Waals surface area contributed by atoms with Gasteiger partial charge in [0.15, 0.2) is 0 Å². The van der Waals surface area contributed by atoms with Crippen molar-refractivity contribution < 1.29 is 4.39 Å². The van der Waals surface area contributed by atoms with Crippen molar-refractivity contribution in [2.24, 2.45) is 0 Å². The molecule has 2 heterocycles. The van der Waals surface area contributed by atoms with Gasteiger partial charge in [0, 0.05) is 17.3 Å². The fourth-order valence-electron chi connectivity index (χ4n) is 3.88. The van der Waals surface area contributed by atoms with E-state index in [9.17, 15) is 4.39 Å². The van der Waals surface area contributed by atoms with Gasteiger partial charge in [0.1, 0.15) is 5.82 Å². The van der Waals surface area contributed by atoms with Crippen molar-refractivity contribution in [3.63, 3.8) is 0 Å². The molecule has 0 atom stereocenters. The third-order valence-electron chi connectivity index (χ3n) is 5.72. The fourth-order valence-corrected chi connectivity index (χ4v) is 3.88. The van der Waals surface area contributed by atoms with Gasteiger partial charge in [-0.1, -0.05) is 63.8 Å². The van der Waals surface area contributed by atoms with Crippen LogP contribution in [-0.4, -0.2) is 9.97 Å². The fraction of sp³-hybridized carbons (Fsp3) is 0.172. The van der Waals surface area contributed by atoms with E-state index in [1.54, 1.807) is 6.07 Å². The van der Waals surface area contributed by atoms with Gasteiger partial charge < -0.3 is 0 Å². The lowest BCUT2D eigenvalue weighted by Crippen LogP contribution is -2.11. The van der Waals surface area contributed by atoms with E-state index in [2.05, 4.69) is 86.7 Å². The number of halogens is 1. The number of pyridine rings is 2. The van der Waals surface area contributed by atoms with Crippen LogP contribution in [0.25, 0.3) is 39.7 Å². The molecule has 0 N–H and O–H groups in total. The topological polar surface area (TPSA) is 25.8 Å². The molecule has 0 saturated carbocycles. The molecule has 2 aromatic carbocycles. The molecule has 32 heavy (non-hydrogen) atoms. The Hall–Kier alpha value is -3.59. The highest BCUT2D eigenvalue weighted by Crippen LogP contribution is 2.40. The van der Waals surface area contributed by atoms with Crippen LogP contribution in [-0.2, 0) is 5.41 Å². The van der Waals surface area contributed by atoms with Crippen LogP contribution in [0, 0.1) is 12.7 Å². The average molecular weight is 423 g/mol. The predicted molar refractivity (Wildman–Crippen MR) is 132 cm³/mol. The minimum atomic E-state index is -0.345. The predicted octanol–water partition coefficient (Wildman–Crippen LogP) is 7.87. The van der Waals surface area contributed by atoms with E-state index in [0.717, 1.165) is 44.8 Å². The summed E-state index contributed by atoms with van der Waals surface area (Å²) in [6, 6.07) is 20.0. The first-order chi connectivity index (χ1) is 15.3. The third-order valence-corrected chi connectivity index (χ3v) is 5.72. The molecule has 2 aromatic heterocycles. The molecule has 4 rings (SSSR count). The van der Waals surface area contributed by atoms with E-state index < -0.39 is 0 Å². The zero-order valence-electron chi connectivity index (χ0n) is 19.0. The summed E-state index contributed by atoms with van der Waals surface area (Å²) in [5.41, 5.74) is 9.07. The summed E-state index contributed by atoms with van der Waals surface area (Å²) in [4.78, 5) is 9.09. The van der Waals surface area contributed by atoms with E-state index in [-0.39, 0.29) is 11.2 Å². The van der Waals surface area contributed by atoms with Gasteiger partial charge in [-0.15, -0.1) is 0 Å². The summed E-state index contributed by atoms with van der Waals surface area (Å²) in [6.45, 7) is 12.6. The summed E-state index contributed by atoms with van der Waals surface area (Å²) in [7, 11) is 0. The van der Waals surface area contributed by atoms with Gasteiger partial charge >= 0.3 is 0 Å². The third kappa shape index (κ3) is 4.24. The zero-order chi connectivity index (χ0) is 22.9. The second-order valence-electron chi connectivity index (χ2n) is 9.05. The maximum absolute atomic E-state index is 13.6. The van der Waals surface area contributed by atoms with Crippen LogP contribution in [0.2, 0.25) is 0 Å². The Morgan fingerprint density at radius 2 is 1.59 bits per heavy atom.